The third-order valence-corrected chi connectivity index (χ3v) is 5.54. The van der Waals surface area contributed by atoms with Crippen LogP contribution in [0.15, 0.2) is 78.9 Å². The lowest BCUT2D eigenvalue weighted by Gasteiger charge is -2.28. The quantitative estimate of drug-likeness (QED) is 0.627. The zero-order valence-electron chi connectivity index (χ0n) is 16.7. The maximum absolute atomic E-state index is 13.0. The summed E-state index contributed by atoms with van der Waals surface area (Å²) in [4.78, 5) is 37.3. The third-order valence-electron chi connectivity index (χ3n) is 5.54. The minimum Gasteiger partial charge on any atom is -0.550 e. The van der Waals surface area contributed by atoms with E-state index in [2.05, 4.69) is 10.6 Å². The van der Waals surface area contributed by atoms with E-state index in [1.807, 2.05) is 42.5 Å². The minimum absolute atomic E-state index is 0.254. The first-order valence-corrected chi connectivity index (χ1v) is 10.1. The number of para-hydroxylation sites is 1. The Hall–Kier alpha value is -3.93. The number of fused-ring (bicyclic) bond motifs is 1. The summed E-state index contributed by atoms with van der Waals surface area (Å²) in [6, 6.07) is 20.0. The maximum Gasteiger partial charge on any atom is 0.257 e. The van der Waals surface area contributed by atoms with Gasteiger partial charge in [-0.3, -0.25) is 9.59 Å². The Morgan fingerprint density at radius 2 is 1.39 bits per heavy atom. The van der Waals surface area contributed by atoms with Gasteiger partial charge in [0.15, 0.2) is 0 Å². The van der Waals surface area contributed by atoms with Crippen LogP contribution < -0.4 is 15.7 Å². The van der Waals surface area contributed by atoms with E-state index in [0.717, 1.165) is 10.8 Å². The predicted octanol–water partition coefficient (Wildman–Crippen LogP) is 3.36. The summed E-state index contributed by atoms with van der Waals surface area (Å²) >= 11 is 0. The van der Waals surface area contributed by atoms with Gasteiger partial charge in [-0.15, -0.1) is 0 Å². The normalized spacial score (nSPS) is 17.8. The highest BCUT2D eigenvalue weighted by Gasteiger charge is 2.30. The average Bonchev–Trinajstić information content (AvgIpc) is 2.79. The molecule has 0 radical (unpaired) electrons. The van der Waals surface area contributed by atoms with Crippen LogP contribution in [0.4, 0.5) is 11.4 Å². The van der Waals surface area contributed by atoms with Crippen LogP contribution in [-0.4, -0.2) is 17.8 Å². The fourth-order valence-corrected chi connectivity index (χ4v) is 3.90. The fraction of sp³-hybridized carbons (Fsp3) is 0.160. The molecule has 0 saturated carbocycles. The first-order chi connectivity index (χ1) is 15.0. The van der Waals surface area contributed by atoms with Crippen molar-refractivity contribution in [3.05, 3.63) is 84.4 Å². The predicted molar refractivity (Wildman–Crippen MR) is 117 cm³/mol. The maximum atomic E-state index is 13.0. The molecule has 0 aromatic heterocycles. The van der Waals surface area contributed by atoms with Gasteiger partial charge in [0, 0.05) is 23.0 Å². The van der Waals surface area contributed by atoms with E-state index in [-0.39, 0.29) is 12.3 Å². The zero-order valence-corrected chi connectivity index (χ0v) is 16.7. The van der Waals surface area contributed by atoms with Crippen LogP contribution in [0.3, 0.4) is 0 Å². The Kier molecular flexibility index (Phi) is 5.80. The molecule has 0 fully saturated rings. The molecule has 2 atom stereocenters. The lowest BCUT2D eigenvalue weighted by molar-refractivity contribution is -0.313. The molecule has 6 nitrogen and oxygen atoms in total. The van der Waals surface area contributed by atoms with Gasteiger partial charge in [-0.25, -0.2) is 0 Å². The first-order valence-electron chi connectivity index (χ1n) is 10.1. The SMILES string of the molecule is O=C(Nc1cccc2ccccc12)c1ccccc1NC(=O)C1CC=CCC1C(=O)[O-]. The van der Waals surface area contributed by atoms with Crippen LogP contribution >= 0.6 is 0 Å². The highest BCUT2D eigenvalue weighted by Crippen LogP contribution is 2.28. The number of hydrogen-bond donors (Lipinski definition) is 2. The number of rotatable bonds is 5. The molecular weight excluding hydrogens is 392 g/mol. The molecule has 0 saturated heterocycles. The number of allylic oxidation sites excluding steroid dienone is 2. The molecule has 0 bridgehead atoms. The van der Waals surface area contributed by atoms with E-state index in [1.54, 1.807) is 36.4 Å². The molecule has 2 unspecified atom stereocenters. The summed E-state index contributed by atoms with van der Waals surface area (Å²) in [6.07, 6.45) is 4.11. The molecule has 6 heteroatoms. The molecule has 3 aromatic carbocycles. The van der Waals surface area contributed by atoms with E-state index >= 15 is 0 Å². The number of carboxylic acids is 1. The number of benzene rings is 3. The number of hydrogen-bond acceptors (Lipinski definition) is 4. The fourth-order valence-electron chi connectivity index (χ4n) is 3.90. The molecule has 156 valence electrons. The molecule has 2 amide bonds. The lowest BCUT2D eigenvalue weighted by atomic mass is 9.82. The molecule has 4 rings (SSSR count). The van der Waals surface area contributed by atoms with Gasteiger partial charge >= 0.3 is 0 Å². The number of carbonyl (C=O) groups is 3. The second-order valence-electron chi connectivity index (χ2n) is 7.49. The van der Waals surface area contributed by atoms with Crippen molar-refractivity contribution >= 4 is 39.9 Å². The number of carbonyl (C=O) groups excluding carboxylic acids is 3. The number of amides is 2. The molecule has 1 aliphatic rings. The van der Waals surface area contributed by atoms with E-state index < -0.39 is 23.7 Å². The number of aliphatic carboxylic acids is 1. The Morgan fingerprint density at radius 3 is 2.19 bits per heavy atom. The Morgan fingerprint density at radius 1 is 0.742 bits per heavy atom. The summed E-state index contributed by atoms with van der Waals surface area (Å²) in [5, 5.41) is 19.0. The molecular formula is C25H21N2O4-. The van der Waals surface area contributed by atoms with Crippen molar-refractivity contribution in [2.24, 2.45) is 11.8 Å². The topological polar surface area (TPSA) is 98.3 Å². The summed E-state index contributed by atoms with van der Waals surface area (Å²) in [6.45, 7) is 0. The summed E-state index contributed by atoms with van der Waals surface area (Å²) in [5.41, 5.74) is 1.29. The Bertz CT molecular complexity index is 1180. The molecule has 0 spiro atoms. The van der Waals surface area contributed by atoms with Gasteiger partial charge in [0.2, 0.25) is 5.91 Å². The largest absolute Gasteiger partial charge is 0.550 e. The Balaban J connectivity index is 1.57. The third kappa shape index (κ3) is 4.33. The molecule has 0 heterocycles. The number of nitrogens with one attached hydrogen (secondary N) is 2. The average molecular weight is 413 g/mol. The number of carboxylic acid groups (broad SMARTS) is 1. The van der Waals surface area contributed by atoms with Crippen molar-refractivity contribution in [1.29, 1.82) is 0 Å². The van der Waals surface area contributed by atoms with Crippen molar-refractivity contribution in [3.63, 3.8) is 0 Å². The lowest BCUT2D eigenvalue weighted by Crippen LogP contribution is -2.41. The van der Waals surface area contributed by atoms with Crippen LogP contribution in [0.1, 0.15) is 23.2 Å². The smallest absolute Gasteiger partial charge is 0.257 e. The van der Waals surface area contributed by atoms with Gasteiger partial charge < -0.3 is 20.5 Å². The standard InChI is InChI=1S/C25H22N2O4/c28-23(18-11-3-4-12-19(18)25(30)31)27-22-14-6-5-13-20(22)24(29)26-21-15-7-9-16-8-1-2-10-17(16)21/h1-10,13-15,18-19H,11-12H2,(H,26,29)(H,27,28)(H,30,31)/p-1. The van der Waals surface area contributed by atoms with Crippen LogP contribution in [0.25, 0.3) is 10.8 Å². The van der Waals surface area contributed by atoms with Crippen LogP contribution in [0.5, 0.6) is 0 Å². The van der Waals surface area contributed by atoms with Gasteiger partial charge in [-0.05, 0) is 36.4 Å². The second kappa shape index (κ2) is 8.83. The molecule has 2 N–H and O–H groups in total. The molecule has 31 heavy (non-hydrogen) atoms. The van der Waals surface area contributed by atoms with Gasteiger partial charge in [0.05, 0.1) is 17.2 Å². The van der Waals surface area contributed by atoms with Gasteiger partial charge in [-0.1, -0.05) is 60.7 Å². The van der Waals surface area contributed by atoms with Crippen LogP contribution in [0, 0.1) is 11.8 Å². The van der Waals surface area contributed by atoms with Crippen LogP contribution in [0.2, 0.25) is 0 Å². The second-order valence-corrected chi connectivity index (χ2v) is 7.49. The molecule has 0 aliphatic heterocycles. The van der Waals surface area contributed by atoms with Gasteiger partial charge in [0.25, 0.3) is 5.91 Å². The van der Waals surface area contributed by atoms with Crippen molar-refractivity contribution in [2.45, 2.75) is 12.8 Å². The van der Waals surface area contributed by atoms with Crippen molar-refractivity contribution in [3.8, 4) is 0 Å². The molecule has 3 aromatic rings. The molecule has 1 aliphatic carbocycles. The highest BCUT2D eigenvalue weighted by atomic mass is 16.4. The first kappa shape index (κ1) is 20.3. The van der Waals surface area contributed by atoms with Crippen molar-refractivity contribution in [2.75, 3.05) is 10.6 Å². The van der Waals surface area contributed by atoms with E-state index in [0.29, 0.717) is 23.4 Å². The van der Waals surface area contributed by atoms with E-state index in [9.17, 15) is 19.5 Å². The van der Waals surface area contributed by atoms with Crippen LogP contribution in [-0.2, 0) is 9.59 Å². The summed E-state index contributed by atoms with van der Waals surface area (Å²) in [5.74, 6) is -3.69. The minimum atomic E-state index is -1.24. The zero-order chi connectivity index (χ0) is 21.8. The van der Waals surface area contributed by atoms with Crippen molar-refractivity contribution < 1.29 is 19.5 Å². The van der Waals surface area contributed by atoms with Gasteiger partial charge in [-0.2, -0.15) is 0 Å². The van der Waals surface area contributed by atoms with E-state index in [1.165, 1.54) is 0 Å². The summed E-state index contributed by atoms with van der Waals surface area (Å²) in [7, 11) is 0. The number of anilines is 2. The van der Waals surface area contributed by atoms with Crippen molar-refractivity contribution in [1.82, 2.24) is 0 Å². The highest BCUT2D eigenvalue weighted by molar-refractivity contribution is 6.13. The van der Waals surface area contributed by atoms with Gasteiger partial charge in [0.1, 0.15) is 0 Å². The summed E-state index contributed by atoms with van der Waals surface area (Å²) < 4.78 is 0. The Labute approximate surface area is 179 Å². The van der Waals surface area contributed by atoms with E-state index in [4.69, 9.17) is 0 Å². The monoisotopic (exact) mass is 413 g/mol.